The number of aromatic amines is 2. The Labute approximate surface area is 138 Å². The van der Waals surface area contributed by atoms with Crippen LogP contribution in [0.2, 0.25) is 0 Å². The Morgan fingerprint density at radius 3 is 2.71 bits per heavy atom. The lowest BCUT2D eigenvalue weighted by atomic mass is 9.96. The largest absolute Gasteiger partial charge is 0.297 e. The molecule has 0 unspecified atom stereocenters. The number of hydrogen-bond donors (Lipinski definition) is 2. The van der Waals surface area contributed by atoms with Crippen LogP contribution in [-0.4, -0.2) is 47.8 Å². The number of nitrogens with zero attached hydrogens (tertiary/aromatic N) is 5. The van der Waals surface area contributed by atoms with E-state index in [-0.39, 0.29) is 5.56 Å². The molecule has 4 heterocycles. The molecule has 2 N–H and O–H groups in total. The fourth-order valence-corrected chi connectivity index (χ4v) is 3.36. The first-order valence-electron chi connectivity index (χ1n) is 8.28. The molecule has 0 aliphatic carbocycles. The van der Waals surface area contributed by atoms with Gasteiger partial charge >= 0.3 is 0 Å². The van der Waals surface area contributed by atoms with E-state index in [2.05, 4.69) is 30.2 Å². The predicted molar refractivity (Wildman–Crippen MR) is 88.9 cm³/mol. The Balaban J connectivity index is 1.44. The molecule has 1 aliphatic rings. The minimum atomic E-state index is -0.0609. The van der Waals surface area contributed by atoms with E-state index >= 15 is 0 Å². The third-order valence-electron chi connectivity index (χ3n) is 4.58. The number of H-pyrrole nitrogens is 2. The van der Waals surface area contributed by atoms with Crippen molar-refractivity contribution in [1.29, 1.82) is 0 Å². The minimum Gasteiger partial charge on any atom is -0.297 e. The predicted octanol–water partition coefficient (Wildman–Crippen LogP) is 1.14. The molecule has 126 valence electrons. The lowest BCUT2D eigenvalue weighted by Crippen LogP contribution is -2.33. The van der Waals surface area contributed by atoms with Crippen molar-refractivity contribution in [3.8, 4) is 0 Å². The zero-order chi connectivity index (χ0) is 16.7. The highest BCUT2D eigenvalue weighted by molar-refractivity contribution is 5.39. The summed E-state index contributed by atoms with van der Waals surface area (Å²) in [6.45, 7) is 6.48. The monoisotopic (exact) mass is 327 g/mol. The second-order valence-corrected chi connectivity index (χ2v) is 6.55. The normalized spacial score (nSPS) is 16.9. The molecule has 0 amide bonds. The molecule has 1 fully saturated rings. The van der Waals surface area contributed by atoms with E-state index in [1.54, 1.807) is 6.07 Å². The molecule has 3 aromatic heterocycles. The Morgan fingerprint density at radius 1 is 1.21 bits per heavy atom. The van der Waals surface area contributed by atoms with Crippen molar-refractivity contribution in [2.45, 2.75) is 39.2 Å². The molecular weight excluding hydrogens is 306 g/mol. The summed E-state index contributed by atoms with van der Waals surface area (Å²) in [6, 6.07) is 3.51. The van der Waals surface area contributed by atoms with Gasteiger partial charge in [-0.15, -0.1) is 0 Å². The molecule has 8 nitrogen and oxygen atoms in total. The van der Waals surface area contributed by atoms with Gasteiger partial charge in [0, 0.05) is 30.3 Å². The number of piperidine rings is 1. The Bertz CT molecular complexity index is 914. The summed E-state index contributed by atoms with van der Waals surface area (Å²) >= 11 is 0. The van der Waals surface area contributed by atoms with Crippen LogP contribution in [0.3, 0.4) is 0 Å². The summed E-state index contributed by atoms with van der Waals surface area (Å²) in [5.41, 5.74) is 2.38. The van der Waals surface area contributed by atoms with Crippen molar-refractivity contribution < 1.29 is 0 Å². The average Bonchev–Trinajstić information content (AvgIpc) is 3.14. The van der Waals surface area contributed by atoms with E-state index < -0.39 is 0 Å². The van der Waals surface area contributed by atoms with E-state index in [1.165, 1.54) is 4.52 Å². The number of rotatable bonds is 3. The number of likely N-dealkylation sites (tertiary alicyclic amines) is 1. The quantitative estimate of drug-likeness (QED) is 0.752. The van der Waals surface area contributed by atoms with Crippen LogP contribution in [0.15, 0.2) is 16.9 Å². The number of fused-ring (bicyclic) bond motifs is 1. The third kappa shape index (κ3) is 2.84. The van der Waals surface area contributed by atoms with Gasteiger partial charge in [-0.3, -0.25) is 19.9 Å². The SMILES string of the molecule is Cc1cc2nc(CN3CCC(c4n[nH]c(C)n4)CC3)cc(=O)n2[nH]1. The molecule has 0 atom stereocenters. The van der Waals surface area contributed by atoms with Crippen LogP contribution in [0.5, 0.6) is 0 Å². The molecule has 0 aromatic carbocycles. The van der Waals surface area contributed by atoms with Crippen molar-refractivity contribution >= 4 is 5.65 Å². The first kappa shape index (κ1) is 15.1. The van der Waals surface area contributed by atoms with Crippen molar-refractivity contribution in [3.63, 3.8) is 0 Å². The smallest absolute Gasteiger partial charge is 0.272 e. The molecule has 3 aromatic rings. The maximum atomic E-state index is 12.1. The van der Waals surface area contributed by atoms with Gasteiger partial charge in [0.1, 0.15) is 5.82 Å². The number of aryl methyl sites for hydroxylation is 2. The van der Waals surface area contributed by atoms with E-state index in [0.29, 0.717) is 18.1 Å². The summed E-state index contributed by atoms with van der Waals surface area (Å²) < 4.78 is 1.48. The van der Waals surface area contributed by atoms with Gasteiger partial charge in [-0.2, -0.15) is 5.10 Å². The third-order valence-corrected chi connectivity index (χ3v) is 4.58. The molecule has 0 spiro atoms. The molecule has 24 heavy (non-hydrogen) atoms. The van der Waals surface area contributed by atoms with Gasteiger partial charge in [0.05, 0.1) is 5.69 Å². The van der Waals surface area contributed by atoms with Crippen LogP contribution < -0.4 is 5.56 Å². The van der Waals surface area contributed by atoms with Gasteiger partial charge in [0.2, 0.25) is 0 Å². The first-order valence-corrected chi connectivity index (χ1v) is 8.28. The van der Waals surface area contributed by atoms with Gasteiger partial charge < -0.3 is 0 Å². The van der Waals surface area contributed by atoms with Crippen LogP contribution >= 0.6 is 0 Å². The molecule has 1 aliphatic heterocycles. The summed E-state index contributed by atoms with van der Waals surface area (Å²) in [4.78, 5) is 23.5. The standard InChI is InChI=1S/C16H21N7O/c1-10-7-14-18-13(8-15(24)23(14)21-10)9-22-5-3-12(4-6-22)16-17-11(2)19-20-16/h7-8,12,21H,3-6,9H2,1-2H3,(H,17,19,20). The van der Waals surface area contributed by atoms with Crippen LogP contribution in [0, 0.1) is 13.8 Å². The lowest BCUT2D eigenvalue weighted by molar-refractivity contribution is 0.200. The minimum absolute atomic E-state index is 0.0609. The highest BCUT2D eigenvalue weighted by atomic mass is 16.1. The maximum Gasteiger partial charge on any atom is 0.272 e. The van der Waals surface area contributed by atoms with E-state index in [4.69, 9.17) is 0 Å². The summed E-state index contributed by atoms with van der Waals surface area (Å²) in [6.07, 6.45) is 2.06. The van der Waals surface area contributed by atoms with Crippen LogP contribution in [0.4, 0.5) is 0 Å². The average molecular weight is 327 g/mol. The number of aromatic nitrogens is 6. The molecule has 8 heteroatoms. The van der Waals surface area contributed by atoms with Crippen LogP contribution in [-0.2, 0) is 6.54 Å². The first-order chi connectivity index (χ1) is 11.6. The van der Waals surface area contributed by atoms with E-state index in [9.17, 15) is 4.79 Å². The van der Waals surface area contributed by atoms with E-state index in [1.807, 2.05) is 19.9 Å². The zero-order valence-corrected chi connectivity index (χ0v) is 13.9. The highest BCUT2D eigenvalue weighted by Crippen LogP contribution is 2.26. The van der Waals surface area contributed by atoms with Crippen LogP contribution in [0.25, 0.3) is 5.65 Å². The van der Waals surface area contributed by atoms with Crippen molar-refractivity contribution in [2.75, 3.05) is 13.1 Å². The summed E-state index contributed by atoms with van der Waals surface area (Å²) in [5.74, 6) is 2.21. The Hall–Kier alpha value is -2.48. The molecule has 0 bridgehead atoms. The summed E-state index contributed by atoms with van der Waals surface area (Å²) in [7, 11) is 0. The van der Waals surface area contributed by atoms with Crippen molar-refractivity contribution in [3.05, 3.63) is 45.5 Å². The Morgan fingerprint density at radius 2 is 2.00 bits per heavy atom. The lowest BCUT2D eigenvalue weighted by Gasteiger charge is -2.30. The molecular formula is C16H21N7O. The maximum absolute atomic E-state index is 12.1. The second kappa shape index (κ2) is 5.86. The number of hydrogen-bond acceptors (Lipinski definition) is 5. The Kier molecular flexibility index (Phi) is 3.68. The van der Waals surface area contributed by atoms with Crippen molar-refractivity contribution in [2.24, 2.45) is 0 Å². The zero-order valence-electron chi connectivity index (χ0n) is 13.9. The topological polar surface area (TPSA) is 95.0 Å². The highest BCUT2D eigenvalue weighted by Gasteiger charge is 2.23. The van der Waals surface area contributed by atoms with Gasteiger partial charge in [0.25, 0.3) is 5.56 Å². The second-order valence-electron chi connectivity index (χ2n) is 6.55. The summed E-state index contributed by atoms with van der Waals surface area (Å²) in [5, 5.41) is 10.2. The fourth-order valence-electron chi connectivity index (χ4n) is 3.36. The fraction of sp³-hybridized carbons (Fsp3) is 0.500. The molecule has 0 radical (unpaired) electrons. The van der Waals surface area contributed by atoms with Crippen molar-refractivity contribution in [1.82, 2.24) is 34.7 Å². The molecule has 4 rings (SSSR count). The molecule has 0 saturated carbocycles. The van der Waals surface area contributed by atoms with Crippen LogP contribution in [0.1, 0.15) is 41.8 Å². The van der Waals surface area contributed by atoms with Gasteiger partial charge in [0.15, 0.2) is 11.5 Å². The van der Waals surface area contributed by atoms with Gasteiger partial charge in [-0.1, -0.05) is 0 Å². The van der Waals surface area contributed by atoms with E-state index in [0.717, 1.165) is 49.0 Å². The molecule has 1 saturated heterocycles. The van der Waals surface area contributed by atoms with Gasteiger partial charge in [-0.25, -0.2) is 14.5 Å². The van der Waals surface area contributed by atoms with Gasteiger partial charge in [-0.05, 0) is 39.8 Å². The number of nitrogens with one attached hydrogen (secondary N) is 2.